The Morgan fingerprint density at radius 3 is 1.88 bits per heavy atom. The van der Waals surface area contributed by atoms with Crippen LogP contribution in [-0.4, -0.2) is 72.4 Å². The molecule has 1 fully saturated rings. The minimum absolute atomic E-state index is 0.215. The lowest BCUT2D eigenvalue weighted by Gasteiger charge is -2.39. The third-order valence-corrected chi connectivity index (χ3v) is 3.52. The van der Waals surface area contributed by atoms with Crippen LogP contribution < -0.4 is 0 Å². The highest BCUT2D eigenvalue weighted by Crippen LogP contribution is 2.11. The minimum Gasteiger partial charge on any atom is -0.463 e. The van der Waals surface area contributed by atoms with E-state index < -0.39 is 11.9 Å². The summed E-state index contributed by atoms with van der Waals surface area (Å²) in [7, 11) is 0. The molecule has 8 nitrogen and oxygen atoms in total. The van der Waals surface area contributed by atoms with E-state index in [-0.39, 0.29) is 31.1 Å². The van der Waals surface area contributed by atoms with Gasteiger partial charge in [0, 0.05) is 50.0 Å². The van der Waals surface area contributed by atoms with E-state index in [0.29, 0.717) is 19.6 Å². The number of rotatable bonds is 6. The third kappa shape index (κ3) is 6.78. The Kier molecular flexibility index (Phi) is 8.38. The molecule has 0 saturated carbocycles. The van der Waals surface area contributed by atoms with Crippen molar-refractivity contribution in [3.8, 4) is 0 Å². The number of amides is 2. The number of carbonyl (C=O) groups is 4. The van der Waals surface area contributed by atoms with E-state index in [9.17, 15) is 19.2 Å². The summed E-state index contributed by atoms with van der Waals surface area (Å²) in [4.78, 5) is 49.8. The first kappa shape index (κ1) is 20.4. The van der Waals surface area contributed by atoms with Gasteiger partial charge in [-0.1, -0.05) is 0 Å². The van der Waals surface area contributed by atoms with Gasteiger partial charge in [0.1, 0.15) is 0 Å². The molecule has 0 bridgehead atoms. The largest absolute Gasteiger partial charge is 0.463 e. The normalized spacial score (nSPS) is 17.8. The maximum Gasteiger partial charge on any atom is 0.330 e. The Hall–Kier alpha value is -2.64. The van der Waals surface area contributed by atoms with Crippen molar-refractivity contribution in [1.29, 1.82) is 0 Å². The maximum absolute atomic E-state index is 12.1. The van der Waals surface area contributed by atoms with Crippen LogP contribution in [0.4, 0.5) is 0 Å². The minimum atomic E-state index is -0.568. The molecule has 8 heteroatoms. The number of piperazine rings is 1. The van der Waals surface area contributed by atoms with E-state index in [1.54, 1.807) is 23.6 Å². The zero-order valence-corrected chi connectivity index (χ0v) is 14.8. The number of nitrogens with zero attached hydrogens (tertiary/aromatic N) is 2. The number of hydrogen-bond donors (Lipinski definition) is 0. The molecule has 0 aromatic carbocycles. The summed E-state index contributed by atoms with van der Waals surface area (Å²) in [6.07, 6.45) is 4.53. The molecule has 0 aliphatic carbocycles. The molecule has 0 aromatic rings. The van der Waals surface area contributed by atoms with Crippen molar-refractivity contribution < 1.29 is 28.7 Å². The predicted octanol–water partition coefficient (Wildman–Crippen LogP) is 0.284. The lowest BCUT2D eigenvalue weighted by molar-refractivity contribution is -0.139. The molecule has 1 rings (SSSR count). The monoisotopic (exact) mass is 352 g/mol. The zero-order chi connectivity index (χ0) is 18.8. The molecule has 2 amide bonds. The van der Waals surface area contributed by atoms with Crippen LogP contribution in [0.5, 0.6) is 0 Å². The standard InChI is InChI=1S/C17H24N2O6/c1-4-24-16(22)8-6-14(20)18-10-11-19(13(3)12-18)15(21)7-9-17(23)25-5-2/h6-9,13H,4-5,10-12H2,1-3H3/b8-6-,9-7-/t13-/m1/s1. The van der Waals surface area contributed by atoms with Crippen LogP contribution >= 0.6 is 0 Å². The van der Waals surface area contributed by atoms with Crippen LogP contribution in [-0.2, 0) is 28.7 Å². The SMILES string of the molecule is CCOC(=O)/C=C\C(=O)N1CCN(C(=O)/C=C\C(=O)OCC)[C@H](C)C1. The summed E-state index contributed by atoms with van der Waals surface area (Å²) < 4.78 is 9.44. The highest BCUT2D eigenvalue weighted by atomic mass is 16.5. The number of carbonyl (C=O) groups excluding carboxylic acids is 4. The average Bonchev–Trinajstić information content (AvgIpc) is 2.58. The van der Waals surface area contributed by atoms with Gasteiger partial charge in [-0.05, 0) is 20.8 Å². The predicted molar refractivity (Wildman–Crippen MR) is 89.3 cm³/mol. The molecule has 0 unspecified atom stereocenters. The molecule has 138 valence electrons. The summed E-state index contributed by atoms with van der Waals surface area (Å²) in [5, 5.41) is 0. The first-order valence-electron chi connectivity index (χ1n) is 8.18. The van der Waals surface area contributed by atoms with Crippen LogP contribution in [0, 0.1) is 0 Å². The summed E-state index contributed by atoms with van der Waals surface area (Å²) >= 11 is 0. The van der Waals surface area contributed by atoms with Crippen molar-refractivity contribution >= 4 is 23.8 Å². The first-order valence-corrected chi connectivity index (χ1v) is 8.18. The van der Waals surface area contributed by atoms with Gasteiger partial charge >= 0.3 is 11.9 Å². The van der Waals surface area contributed by atoms with E-state index in [2.05, 4.69) is 0 Å². The van der Waals surface area contributed by atoms with Gasteiger partial charge in [-0.2, -0.15) is 0 Å². The summed E-state index contributed by atoms with van der Waals surface area (Å²) in [5.74, 6) is -1.76. The topological polar surface area (TPSA) is 93.2 Å². The second-order valence-corrected chi connectivity index (χ2v) is 5.34. The molecule has 0 N–H and O–H groups in total. The van der Waals surface area contributed by atoms with Gasteiger partial charge in [0.05, 0.1) is 13.2 Å². The van der Waals surface area contributed by atoms with Gasteiger partial charge in [0.25, 0.3) is 0 Å². The Balaban J connectivity index is 2.56. The van der Waals surface area contributed by atoms with Gasteiger partial charge in [0.15, 0.2) is 0 Å². The van der Waals surface area contributed by atoms with Crippen molar-refractivity contribution in [2.45, 2.75) is 26.8 Å². The summed E-state index contributed by atoms with van der Waals surface area (Å²) in [6, 6.07) is -0.215. The maximum atomic E-state index is 12.1. The second kappa shape index (κ2) is 10.3. The Bertz CT molecular complexity index is 569. The lowest BCUT2D eigenvalue weighted by Crippen LogP contribution is -2.54. The first-order chi connectivity index (χ1) is 11.9. The van der Waals surface area contributed by atoms with E-state index in [0.717, 1.165) is 12.2 Å². The fraction of sp³-hybridized carbons (Fsp3) is 0.529. The number of esters is 2. The van der Waals surface area contributed by atoms with Crippen molar-refractivity contribution in [3.63, 3.8) is 0 Å². The Morgan fingerprint density at radius 1 is 0.880 bits per heavy atom. The second-order valence-electron chi connectivity index (χ2n) is 5.34. The van der Waals surface area contributed by atoms with E-state index in [4.69, 9.17) is 9.47 Å². The molecule has 25 heavy (non-hydrogen) atoms. The molecule has 1 saturated heterocycles. The highest BCUT2D eigenvalue weighted by Gasteiger charge is 2.28. The molecular formula is C17H24N2O6. The van der Waals surface area contributed by atoms with Gasteiger partial charge < -0.3 is 19.3 Å². The quantitative estimate of drug-likeness (QED) is 0.504. The lowest BCUT2D eigenvalue weighted by atomic mass is 10.1. The Morgan fingerprint density at radius 2 is 1.40 bits per heavy atom. The number of ether oxygens (including phenoxy) is 2. The van der Waals surface area contributed by atoms with Crippen LogP contribution in [0.1, 0.15) is 20.8 Å². The van der Waals surface area contributed by atoms with Crippen molar-refractivity contribution in [1.82, 2.24) is 9.80 Å². The van der Waals surface area contributed by atoms with Crippen LogP contribution in [0.15, 0.2) is 24.3 Å². The fourth-order valence-corrected chi connectivity index (χ4v) is 2.35. The van der Waals surface area contributed by atoms with Crippen LogP contribution in [0.2, 0.25) is 0 Å². The van der Waals surface area contributed by atoms with Crippen molar-refractivity contribution in [3.05, 3.63) is 24.3 Å². The van der Waals surface area contributed by atoms with E-state index in [1.165, 1.54) is 12.2 Å². The van der Waals surface area contributed by atoms with E-state index in [1.807, 2.05) is 6.92 Å². The van der Waals surface area contributed by atoms with Crippen molar-refractivity contribution in [2.24, 2.45) is 0 Å². The molecule has 1 atom stereocenters. The third-order valence-electron chi connectivity index (χ3n) is 3.52. The Labute approximate surface area is 147 Å². The van der Waals surface area contributed by atoms with E-state index >= 15 is 0 Å². The van der Waals surface area contributed by atoms with Crippen molar-refractivity contribution in [2.75, 3.05) is 32.8 Å². The van der Waals surface area contributed by atoms with Crippen LogP contribution in [0.25, 0.3) is 0 Å². The summed E-state index contributed by atoms with van der Waals surface area (Å²) in [5.41, 5.74) is 0. The molecular weight excluding hydrogens is 328 g/mol. The molecule has 1 aliphatic rings. The zero-order valence-electron chi connectivity index (χ0n) is 14.8. The molecule has 1 heterocycles. The molecule has 0 aromatic heterocycles. The molecule has 1 aliphatic heterocycles. The fourth-order valence-electron chi connectivity index (χ4n) is 2.35. The van der Waals surface area contributed by atoms with Gasteiger partial charge in [-0.15, -0.1) is 0 Å². The summed E-state index contributed by atoms with van der Waals surface area (Å²) in [6.45, 7) is 6.68. The van der Waals surface area contributed by atoms with Gasteiger partial charge in [0.2, 0.25) is 11.8 Å². The van der Waals surface area contributed by atoms with Crippen LogP contribution in [0.3, 0.4) is 0 Å². The molecule has 0 spiro atoms. The van der Waals surface area contributed by atoms with Gasteiger partial charge in [-0.3, -0.25) is 9.59 Å². The average molecular weight is 352 g/mol. The van der Waals surface area contributed by atoms with Gasteiger partial charge in [-0.25, -0.2) is 9.59 Å². The number of hydrogen-bond acceptors (Lipinski definition) is 6. The smallest absolute Gasteiger partial charge is 0.330 e. The highest BCUT2D eigenvalue weighted by molar-refractivity contribution is 5.96. The molecule has 0 radical (unpaired) electrons.